The summed E-state index contributed by atoms with van der Waals surface area (Å²) >= 11 is 6.01. The standard InChI is InChI=1S/C24H27ClN4O2/c1-16(2)13-28(18(4)30)15-23(31)27-24-26-22(19-7-9-20(25)10-8-19)14-29(24)21-11-5-17(3)6-12-21/h5-12,14,16H,13,15H2,1-4H3,(H,26,27,31). The Labute approximate surface area is 187 Å². The van der Waals surface area contributed by atoms with Crippen molar-refractivity contribution in [1.29, 1.82) is 0 Å². The van der Waals surface area contributed by atoms with Crippen molar-refractivity contribution in [1.82, 2.24) is 14.5 Å². The van der Waals surface area contributed by atoms with Crippen molar-refractivity contribution in [3.63, 3.8) is 0 Å². The van der Waals surface area contributed by atoms with E-state index in [2.05, 4.69) is 10.3 Å². The van der Waals surface area contributed by atoms with E-state index in [0.717, 1.165) is 16.8 Å². The molecule has 162 valence electrons. The van der Waals surface area contributed by atoms with E-state index >= 15 is 0 Å². The Morgan fingerprint density at radius 2 is 1.74 bits per heavy atom. The maximum Gasteiger partial charge on any atom is 0.246 e. The molecule has 2 amide bonds. The fourth-order valence-electron chi connectivity index (χ4n) is 3.21. The zero-order chi connectivity index (χ0) is 22.5. The molecular weight excluding hydrogens is 412 g/mol. The first-order valence-electron chi connectivity index (χ1n) is 10.2. The van der Waals surface area contributed by atoms with Crippen molar-refractivity contribution in [2.45, 2.75) is 27.7 Å². The second-order valence-electron chi connectivity index (χ2n) is 8.00. The smallest absolute Gasteiger partial charge is 0.246 e. The minimum atomic E-state index is -0.294. The molecule has 0 aliphatic heterocycles. The molecule has 0 radical (unpaired) electrons. The summed E-state index contributed by atoms with van der Waals surface area (Å²) in [5, 5.41) is 3.52. The fraction of sp³-hybridized carbons (Fsp3) is 0.292. The molecule has 7 heteroatoms. The first-order valence-corrected chi connectivity index (χ1v) is 10.6. The first-order chi connectivity index (χ1) is 14.7. The fourth-order valence-corrected chi connectivity index (χ4v) is 3.34. The molecule has 0 saturated carbocycles. The number of nitrogens with one attached hydrogen (secondary N) is 1. The molecule has 2 aromatic carbocycles. The number of anilines is 1. The van der Waals surface area contributed by atoms with Gasteiger partial charge in [-0.25, -0.2) is 4.98 Å². The van der Waals surface area contributed by atoms with E-state index in [0.29, 0.717) is 23.2 Å². The number of carbonyl (C=O) groups is 2. The second-order valence-corrected chi connectivity index (χ2v) is 8.44. The molecule has 1 aromatic heterocycles. The van der Waals surface area contributed by atoms with Crippen molar-refractivity contribution in [2.24, 2.45) is 5.92 Å². The normalized spacial score (nSPS) is 10.9. The van der Waals surface area contributed by atoms with Crippen LogP contribution in [0.4, 0.5) is 5.95 Å². The number of carbonyl (C=O) groups excluding carboxylic acids is 2. The molecule has 3 rings (SSSR count). The third-order valence-electron chi connectivity index (χ3n) is 4.77. The molecular formula is C24H27ClN4O2. The molecule has 6 nitrogen and oxygen atoms in total. The van der Waals surface area contributed by atoms with Crippen LogP contribution in [-0.4, -0.2) is 39.4 Å². The lowest BCUT2D eigenvalue weighted by molar-refractivity contribution is -0.133. The quantitative estimate of drug-likeness (QED) is 0.567. The zero-order valence-electron chi connectivity index (χ0n) is 18.2. The van der Waals surface area contributed by atoms with Crippen molar-refractivity contribution in [3.8, 4) is 16.9 Å². The van der Waals surface area contributed by atoms with Crippen LogP contribution in [0.15, 0.2) is 54.7 Å². The number of aromatic nitrogens is 2. The number of nitrogens with zero attached hydrogens (tertiary/aromatic N) is 3. The van der Waals surface area contributed by atoms with Gasteiger partial charge < -0.3 is 4.90 Å². The summed E-state index contributed by atoms with van der Waals surface area (Å²) in [6, 6.07) is 15.3. The monoisotopic (exact) mass is 438 g/mol. The largest absolute Gasteiger partial charge is 0.333 e. The van der Waals surface area contributed by atoms with Gasteiger partial charge in [-0.3, -0.25) is 19.5 Å². The van der Waals surface area contributed by atoms with Crippen molar-refractivity contribution in [3.05, 3.63) is 65.3 Å². The third-order valence-corrected chi connectivity index (χ3v) is 5.03. The van der Waals surface area contributed by atoms with Gasteiger partial charge >= 0.3 is 0 Å². The van der Waals surface area contributed by atoms with Crippen LogP contribution in [0.25, 0.3) is 16.9 Å². The van der Waals surface area contributed by atoms with Gasteiger partial charge in [-0.1, -0.05) is 55.3 Å². The number of hydrogen-bond acceptors (Lipinski definition) is 3. The molecule has 1 N–H and O–H groups in total. The van der Waals surface area contributed by atoms with Gasteiger partial charge in [0.15, 0.2) is 0 Å². The highest BCUT2D eigenvalue weighted by Crippen LogP contribution is 2.25. The van der Waals surface area contributed by atoms with E-state index < -0.39 is 0 Å². The number of rotatable bonds is 7. The summed E-state index contributed by atoms with van der Waals surface area (Å²) in [5.74, 6) is 0.236. The summed E-state index contributed by atoms with van der Waals surface area (Å²) in [4.78, 5) is 30.9. The SMILES string of the molecule is CC(=O)N(CC(=O)Nc1nc(-c2ccc(Cl)cc2)cn1-c1ccc(C)cc1)CC(C)C. The molecule has 0 fully saturated rings. The Bertz CT molecular complexity index is 1060. The first kappa shape index (κ1) is 22.6. The summed E-state index contributed by atoms with van der Waals surface area (Å²) in [6.07, 6.45) is 1.88. The van der Waals surface area contributed by atoms with E-state index in [1.165, 1.54) is 6.92 Å². The summed E-state index contributed by atoms with van der Waals surface area (Å²) < 4.78 is 1.84. The Kier molecular flexibility index (Phi) is 7.13. The molecule has 0 spiro atoms. The minimum Gasteiger partial charge on any atom is -0.333 e. The topological polar surface area (TPSA) is 67.2 Å². The number of halogens is 1. The van der Waals surface area contributed by atoms with Crippen molar-refractivity contribution in [2.75, 3.05) is 18.4 Å². The summed E-state index contributed by atoms with van der Waals surface area (Å²) in [6.45, 7) is 8.01. The summed E-state index contributed by atoms with van der Waals surface area (Å²) in [5.41, 5.74) is 3.60. The van der Waals surface area contributed by atoms with Gasteiger partial charge in [0.05, 0.1) is 12.2 Å². The number of hydrogen-bond donors (Lipinski definition) is 1. The maximum absolute atomic E-state index is 12.8. The van der Waals surface area contributed by atoms with Gasteiger partial charge in [0.1, 0.15) is 0 Å². The highest BCUT2D eigenvalue weighted by Gasteiger charge is 2.18. The van der Waals surface area contributed by atoms with E-state index in [1.807, 2.05) is 67.9 Å². The average Bonchev–Trinajstić information content (AvgIpc) is 3.11. The maximum atomic E-state index is 12.8. The average molecular weight is 439 g/mol. The molecule has 0 saturated heterocycles. The lowest BCUT2D eigenvalue weighted by Crippen LogP contribution is -2.39. The Balaban J connectivity index is 1.91. The van der Waals surface area contributed by atoms with Crippen molar-refractivity contribution < 1.29 is 9.59 Å². The molecule has 1 heterocycles. The van der Waals surface area contributed by atoms with Gasteiger partial charge in [-0.2, -0.15) is 0 Å². The molecule has 0 bridgehead atoms. The van der Waals surface area contributed by atoms with Crippen LogP contribution < -0.4 is 5.32 Å². The molecule has 31 heavy (non-hydrogen) atoms. The van der Waals surface area contributed by atoms with Gasteiger partial charge in [-0.05, 0) is 37.1 Å². The zero-order valence-corrected chi connectivity index (χ0v) is 19.0. The molecule has 0 aliphatic rings. The second kappa shape index (κ2) is 9.79. The van der Waals surface area contributed by atoms with Crippen LogP contribution in [0, 0.1) is 12.8 Å². The predicted molar refractivity (Wildman–Crippen MR) is 124 cm³/mol. The van der Waals surface area contributed by atoms with Crippen LogP contribution in [0.2, 0.25) is 5.02 Å². The lowest BCUT2D eigenvalue weighted by Gasteiger charge is -2.22. The number of aryl methyl sites for hydroxylation is 1. The van der Waals surface area contributed by atoms with Crippen molar-refractivity contribution >= 4 is 29.4 Å². The lowest BCUT2D eigenvalue weighted by atomic mass is 10.2. The van der Waals surface area contributed by atoms with E-state index in [4.69, 9.17) is 11.6 Å². The highest BCUT2D eigenvalue weighted by atomic mass is 35.5. The van der Waals surface area contributed by atoms with Crippen LogP contribution in [0.1, 0.15) is 26.3 Å². The molecule has 0 atom stereocenters. The van der Waals surface area contributed by atoms with E-state index in [1.54, 1.807) is 17.0 Å². The molecule has 0 unspecified atom stereocenters. The van der Waals surface area contributed by atoms with Gasteiger partial charge in [0.25, 0.3) is 0 Å². The Morgan fingerprint density at radius 1 is 1.10 bits per heavy atom. The van der Waals surface area contributed by atoms with Gasteiger partial charge in [-0.15, -0.1) is 0 Å². The minimum absolute atomic E-state index is 0.0233. The summed E-state index contributed by atoms with van der Waals surface area (Å²) in [7, 11) is 0. The van der Waals surface area contributed by atoms with E-state index in [9.17, 15) is 9.59 Å². The Hall–Kier alpha value is -3.12. The third kappa shape index (κ3) is 5.95. The van der Waals surface area contributed by atoms with Crippen LogP contribution in [0.5, 0.6) is 0 Å². The van der Waals surface area contributed by atoms with Crippen LogP contribution >= 0.6 is 11.6 Å². The number of benzene rings is 2. The molecule has 3 aromatic rings. The van der Waals surface area contributed by atoms with Gasteiger partial charge in [0, 0.05) is 35.9 Å². The number of amides is 2. The van der Waals surface area contributed by atoms with E-state index in [-0.39, 0.29) is 24.3 Å². The van der Waals surface area contributed by atoms with Gasteiger partial charge in [0.2, 0.25) is 17.8 Å². The molecule has 0 aliphatic carbocycles. The van der Waals surface area contributed by atoms with Crippen LogP contribution in [0.3, 0.4) is 0 Å². The van der Waals surface area contributed by atoms with Crippen LogP contribution in [-0.2, 0) is 9.59 Å². The Morgan fingerprint density at radius 3 is 2.32 bits per heavy atom. The highest BCUT2D eigenvalue weighted by molar-refractivity contribution is 6.30. The predicted octanol–water partition coefficient (Wildman–Crippen LogP) is 4.94. The number of imidazole rings is 1.